The predicted octanol–water partition coefficient (Wildman–Crippen LogP) is 3.52. The number of carbonyl (C=O) groups excluding carboxylic acids is 2. The normalized spacial score (nSPS) is 14.6. The molecule has 1 heterocycles. The third-order valence-electron chi connectivity index (χ3n) is 4.08. The molecule has 0 saturated carbocycles. The van der Waals surface area contributed by atoms with Gasteiger partial charge in [0.1, 0.15) is 0 Å². The van der Waals surface area contributed by atoms with Gasteiger partial charge in [0.25, 0.3) is 5.91 Å². The minimum atomic E-state index is -1.10. The van der Waals surface area contributed by atoms with Crippen molar-refractivity contribution in [3.8, 4) is 11.5 Å². The number of rotatable bonds is 7. The number of hydrogen-bond acceptors (Lipinski definition) is 7. The van der Waals surface area contributed by atoms with Gasteiger partial charge in [-0.3, -0.25) is 14.5 Å². The number of aliphatic carboxylic acids is 1. The second-order valence-corrected chi connectivity index (χ2v) is 8.01. The van der Waals surface area contributed by atoms with Crippen LogP contribution >= 0.6 is 24.0 Å². The van der Waals surface area contributed by atoms with Crippen molar-refractivity contribution < 1.29 is 29.0 Å². The molecule has 0 spiro atoms. The van der Waals surface area contributed by atoms with Crippen molar-refractivity contribution in [1.29, 1.82) is 0 Å². The summed E-state index contributed by atoms with van der Waals surface area (Å²) in [5.74, 6) is -0.920. The van der Waals surface area contributed by atoms with Gasteiger partial charge in [0.15, 0.2) is 22.4 Å². The Morgan fingerprint density at radius 2 is 1.90 bits per heavy atom. The molecule has 10 heteroatoms. The Hall–Kier alpha value is -3.37. The van der Waals surface area contributed by atoms with Crippen LogP contribution in [0.5, 0.6) is 11.5 Å². The van der Waals surface area contributed by atoms with Crippen molar-refractivity contribution in [2.45, 2.75) is 6.92 Å². The molecule has 31 heavy (non-hydrogen) atoms. The van der Waals surface area contributed by atoms with Gasteiger partial charge >= 0.3 is 5.97 Å². The molecule has 1 aliphatic heterocycles. The summed E-state index contributed by atoms with van der Waals surface area (Å²) in [5.41, 5.74) is 1.88. The third kappa shape index (κ3) is 5.41. The summed E-state index contributed by atoms with van der Waals surface area (Å²) in [6.07, 6.45) is 1.68. The van der Waals surface area contributed by atoms with Crippen LogP contribution in [0.15, 0.2) is 47.4 Å². The van der Waals surface area contributed by atoms with Gasteiger partial charge in [0.2, 0.25) is 5.91 Å². The molecule has 8 nitrogen and oxygen atoms in total. The van der Waals surface area contributed by atoms with Crippen LogP contribution in [0.3, 0.4) is 0 Å². The summed E-state index contributed by atoms with van der Waals surface area (Å²) in [7, 11) is 1.44. The lowest BCUT2D eigenvalue weighted by Gasteiger charge is -2.15. The Labute approximate surface area is 187 Å². The maximum Gasteiger partial charge on any atom is 0.341 e. The Kier molecular flexibility index (Phi) is 6.93. The number of carboxylic acids is 1. The van der Waals surface area contributed by atoms with Gasteiger partial charge in [-0.15, -0.1) is 0 Å². The maximum absolute atomic E-state index is 12.9. The largest absolute Gasteiger partial charge is 0.493 e. The number of hydrogen-bond donors (Lipinski definition) is 2. The van der Waals surface area contributed by atoms with Gasteiger partial charge in [0.05, 0.1) is 17.7 Å². The second kappa shape index (κ2) is 9.63. The van der Waals surface area contributed by atoms with Crippen LogP contribution in [0.25, 0.3) is 6.08 Å². The molecule has 3 rings (SSSR count). The molecule has 0 unspecified atom stereocenters. The number of methoxy groups -OCH3 is 1. The van der Waals surface area contributed by atoms with Crippen molar-refractivity contribution in [1.82, 2.24) is 0 Å². The van der Waals surface area contributed by atoms with Gasteiger partial charge in [0, 0.05) is 12.6 Å². The Bertz CT molecular complexity index is 1080. The topological polar surface area (TPSA) is 105 Å². The molecule has 160 valence electrons. The van der Waals surface area contributed by atoms with Crippen molar-refractivity contribution in [2.24, 2.45) is 0 Å². The molecule has 1 saturated heterocycles. The number of carbonyl (C=O) groups is 3. The van der Waals surface area contributed by atoms with E-state index >= 15 is 0 Å². The molecule has 2 amide bonds. The molecule has 0 atom stereocenters. The summed E-state index contributed by atoms with van der Waals surface area (Å²) >= 11 is 6.55. The number of thiocarbonyl (C=S) groups is 1. The third-order valence-corrected chi connectivity index (χ3v) is 5.38. The number of carboxylic acid groups (broad SMARTS) is 1. The van der Waals surface area contributed by atoms with E-state index in [0.717, 1.165) is 0 Å². The lowest BCUT2D eigenvalue weighted by Crippen LogP contribution is -2.27. The van der Waals surface area contributed by atoms with Crippen molar-refractivity contribution in [3.63, 3.8) is 0 Å². The molecule has 0 aromatic heterocycles. The van der Waals surface area contributed by atoms with Crippen molar-refractivity contribution in [2.75, 3.05) is 23.9 Å². The van der Waals surface area contributed by atoms with Crippen molar-refractivity contribution >= 4 is 63.5 Å². The van der Waals surface area contributed by atoms with E-state index in [9.17, 15) is 14.4 Å². The van der Waals surface area contributed by atoms with E-state index in [1.807, 2.05) is 0 Å². The molecule has 1 fully saturated rings. The Morgan fingerprint density at radius 3 is 2.52 bits per heavy atom. The molecule has 0 bridgehead atoms. The number of ether oxygens (including phenoxy) is 2. The fraction of sp³-hybridized carbons (Fsp3) is 0.143. The zero-order valence-corrected chi connectivity index (χ0v) is 18.2. The van der Waals surface area contributed by atoms with Crippen LogP contribution in [0.4, 0.5) is 11.4 Å². The molecule has 2 N–H and O–H groups in total. The van der Waals surface area contributed by atoms with Gasteiger partial charge in [-0.25, -0.2) is 4.79 Å². The van der Waals surface area contributed by atoms with Crippen LogP contribution in [0.1, 0.15) is 12.5 Å². The summed E-state index contributed by atoms with van der Waals surface area (Å²) in [6.45, 7) is 0.926. The zero-order valence-electron chi connectivity index (χ0n) is 16.6. The molecule has 0 radical (unpaired) electrons. The number of nitrogens with one attached hydrogen (secondary N) is 1. The van der Waals surface area contributed by atoms with E-state index in [1.165, 1.54) is 30.7 Å². The monoisotopic (exact) mass is 458 g/mol. The van der Waals surface area contributed by atoms with E-state index in [4.69, 9.17) is 26.8 Å². The lowest BCUT2D eigenvalue weighted by molar-refractivity contribution is -0.139. The quantitative estimate of drug-likeness (QED) is 0.480. The van der Waals surface area contributed by atoms with Crippen LogP contribution in [0.2, 0.25) is 0 Å². The smallest absolute Gasteiger partial charge is 0.341 e. The van der Waals surface area contributed by atoms with E-state index in [1.54, 1.807) is 48.5 Å². The number of nitrogens with zero attached hydrogens (tertiary/aromatic N) is 1. The lowest BCUT2D eigenvalue weighted by atomic mass is 10.1. The van der Waals surface area contributed by atoms with Crippen LogP contribution < -0.4 is 19.7 Å². The molecule has 1 aliphatic rings. The first-order valence-electron chi connectivity index (χ1n) is 8.96. The van der Waals surface area contributed by atoms with E-state index in [-0.39, 0.29) is 17.6 Å². The Balaban J connectivity index is 1.81. The summed E-state index contributed by atoms with van der Waals surface area (Å²) in [4.78, 5) is 36.6. The predicted molar refractivity (Wildman–Crippen MR) is 123 cm³/mol. The van der Waals surface area contributed by atoms with Crippen LogP contribution in [-0.2, 0) is 14.4 Å². The summed E-state index contributed by atoms with van der Waals surface area (Å²) in [5, 5.41) is 11.4. The number of amides is 2. The highest BCUT2D eigenvalue weighted by Crippen LogP contribution is 2.37. The average molecular weight is 459 g/mol. The summed E-state index contributed by atoms with van der Waals surface area (Å²) < 4.78 is 10.8. The molecule has 2 aromatic rings. The SMILES string of the molecule is COc1cc(/C=C2/SC(=S)N(c3ccc(NC(C)=O)cc3)C2=O)ccc1OCC(=O)O. The van der Waals surface area contributed by atoms with Gasteiger partial charge < -0.3 is 19.9 Å². The van der Waals surface area contributed by atoms with Gasteiger partial charge in [-0.05, 0) is 48.0 Å². The van der Waals surface area contributed by atoms with Gasteiger partial charge in [-0.2, -0.15) is 0 Å². The van der Waals surface area contributed by atoms with Gasteiger partial charge in [-0.1, -0.05) is 30.0 Å². The standard InChI is InChI=1S/C21H18N2O6S2/c1-12(24)22-14-4-6-15(7-5-14)23-20(27)18(31-21(23)30)10-13-3-8-16(17(9-13)28-2)29-11-19(25)26/h3-10H,11H2,1-2H3,(H,22,24)(H,25,26)/b18-10+. The van der Waals surface area contributed by atoms with E-state index in [0.29, 0.717) is 31.9 Å². The minimum Gasteiger partial charge on any atom is -0.493 e. The first-order chi connectivity index (χ1) is 14.8. The van der Waals surface area contributed by atoms with E-state index in [2.05, 4.69) is 5.32 Å². The minimum absolute atomic E-state index is 0.184. The molecule has 2 aromatic carbocycles. The summed E-state index contributed by atoms with van der Waals surface area (Å²) in [6, 6.07) is 11.7. The van der Waals surface area contributed by atoms with Crippen molar-refractivity contribution in [3.05, 3.63) is 52.9 Å². The maximum atomic E-state index is 12.9. The fourth-order valence-corrected chi connectivity index (χ4v) is 4.07. The number of anilines is 2. The first kappa shape index (κ1) is 22.3. The highest BCUT2D eigenvalue weighted by Gasteiger charge is 2.33. The second-order valence-electron chi connectivity index (χ2n) is 6.34. The Morgan fingerprint density at radius 1 is 1.19 bits per heavy atom. The first-order valence-corrected chi connectivity index (χ1v) is 10.2. The van der Waals surface area contributed by atoms with E-state index < -0.39 is 12.6 Å². The van der Waals surface area contributed by atoms with Crippen LogP contribution in [-0.4, -0.2) is 40.9 Å². The van der Waals surface area contributed by atoms with Crippen LogP contribution in [0, 0.1) is 0 Å². The fourth-order valence-electron chi connectivity index (χ4n) is 2.77. The average Bonchev–Trinajstić information content (AvgIpc) is 3.00. The molecular weight excluding hydrogens is 440 g/mol. The molecular formula is C21H18N2O6S2. The number of benzene rings is 2. The highest BCUT2D eigenvalue weighted by atomic mass is 32.2. The zero-order chi connectivity index (χ0) is 22.5. The number of thioether (sulfide) groups is 1. The highest BCUT2D eigenvalue weighted by molar-refractivity contribution is 8.27. The molecule has 0 aliphatic carbocycles.